The molecule has 36 heavy (non-hydrogen) atoms. The van der Waals surface area contributed by atoms with Gasteiger partial charge in [0, 0.05) is 24.1 Å². The molecule has 3 aromatic rings. The van der Waals surface area contributed by atoms with E-state index in [4.69, 9.17) is 14.2 Å². The quantitative estimate of drug-likeness (QED) is 0.343. The first kappa shape index (κ1) is 26.6. The topological polar surface area (TPSA) is 120 Å². The molecule has 10 heteroatoms. The minimum absolute atomic E-state index is 0.0147. The minimum atomic E-state index is -3.95. The van der Waals surface area contributed by atoms with Crippen molar-refractivity contribution in [2.45, 2.75) is 24.7 Å². The number of ether oxygens (including phenoxy) is 3. The van der Waals surface area contributed by atoms with Gasteiger partial charge in [-0.1, -0.05) is 0 Å². The highest BCUT2D eigenvalue weighted by atomic mass is 32.2. The summed E-state index contributed by atoms with van der Waals surface area (Å²) in [6.45, 7) is 2.40. The summed E-state index contributed by atoms with van der Waals surface area (Å²) in [7, 11) is -1.02. The Morgan fingerprint density at radius 1 is 0.833 bits per heavy atom. The summed E-state index contributed by atoms with van der Waals surface area (Å²) >= 11 is 0. The Kier molecular flexibility index (Phi) is 8.91. The first-order chi connectivity index (χ1) is 17.2. The molecule has 9 nitrogen and oxygen atoms in total. The third-order valence-corrected chi connectivity index (χ3v) is 6.54. The summed E-state index contributed by atoms with van der Waals surface area (Å²) < 4.78 is 43.9. The number of carbonyl (C=O) groups is 2. The summed E-state index contributed by atoms with van der Waals surface area (Å²) in [5.74, 6) is 0.888. The van der Waals surface area contributed by atoms with Gasteiger partial charge in [0.1, 0.15) is 17.2 Å². The Hall–Kier alpha value is -4.05. The highest BCUT2D eigenvalue weighted by Gasteiger charge is 2.18. The van der Waals surface area contributed by atoms with E-state index < -0.39 is 15.9 Å². The number of ketones is 1. The number of rotatable bonds is 12. The van der Waals surface area contributed by atoms with Gasteiger partial charge in [-0.3, -0.25) is 14.3 Å². The molecule has 2 N–H and O–H groups in total. The first-order valence-corrected chi connectivity index (χ1v) is 12.6. The molecule has 3 rings (SSSR count). The van der Waals surface area contributed by atoms with E-state index in [0.717, 1.165) is 0 Å². The maximum Gasteiger partial charge on any atom is 0.261 e. The number of amides is 1. The molecule has 0 atom stereocenters. The number of carbonyl (C=O) groups excluding carboxylic acids is 2. The maximum atomic E-state index is 12.9. The number of benzene rings is 3. The van der Waals surface area contributed by atoms with Crippen LogP contribution in [-0.4, -0.2) is 40.9 Å². The van der Waals surface area contributed by atoms with Crippen molar-refractivity contribution in [1.82, 2.24) is 0 Å². The molecule has 0 saturated carbocycles. The number of sulfonamides is 1. The molecule has 0 fully saturated rings. The molecule has 0 spiro atoms. The lowest BCUT2D eigenvalue weighted by molar-refractivity contribution is -0.116. The standard InChI is InChI=1S/C26H28N2O7S/c1-4-35-21-9-5-18(6-10-21)24(29)14-16-26(30)27-23-17-22(13-15-25(23)34-3)36(31,32)28-19-7-11-20(33-2)12-8-19/h5-13,15,17,28H,4,14,16H2,1-3H3,(H,27,30). The molecule has 0 aliphatic rings. The Morgan fingerprint density at radius 3 is 2.11 bits per heavy atom. The average Bonchev–Trinajstić information content (AvgIpc) is 2.88. The molecule has 0 radical (unpaired) electrons. The zero-order valence-electron chi connectivity index (χ0n) is 20.2. The van der Waals surface area contributed by atoms with E-state index in [1.807, 2.05) is 6.92 Å². The van der Waals surface area contributed by atoms with Gasteiger partial charge in [0.05, 0.1) is 31.4 Å². The molecule has 0 bridgehead atoms. The van der Waals surface area contributed by atoms with Crippen LogP contribution >= 0.6 is 0 Å². The van der Waals surface area contributed by atoms with Gasteiger partial charge < -0.3 is 19.5 Å². The first-order valence-electron chi connectivity index (χ1n) is 11.2. The predicted octanol–water partition coefficient (Wildman–Crippen LogP) is 4.50. The van der Waals surface area contributed by atoms with Crippen LogP contribution in [0.4, 0.5) is 11.4 Å². The van der Waals surface area contributed by atoms with Crippen molar-refractivity contribution in [3.8, 4) is 17.2 Å². The van der Waals surface area contributed by atoms with Crippen LogP contribution in [-0.2, 0) is 14.8 Å². The Bertz CT molecular complexity index is 1310. The van der Waals surface area contributed by atoms with E-state index in [1.165, 1.54) is 32.4 Å². The molecular formula is C26H28N2O7S. The molecule has 0 aromatic heterocycles. The number of nitrogens with one attached hydrogen (secondary N) is 2. The smallest absolute Gasteiger partial charge is 0.261 e. The van der Waals surface area contributed by atoms with Gasteiger partial charge in [-0.05, 0) is 73.7 Å². The van der Waals surface area contributed by atoms with Crippen LogP contribution in [0.25, 0.3) is 0 Å². The number of hydrogen-bond acceptors (Lipinski definition) is 7. The molecular weight excluding hydrogens is 484 g/mol. The molecule has 0 heterocycles. The highest BCUT2D eigenvalue weighted by Crippen LogP contribution is 2.29. The highest BCUT2D eigenvalue weighted by molar-refractivity contribution is 7.92. The van der Waals surface area contributed by atoms with Gasteiger partial charge in [0.2, 0.25) is 5.91 Å². The Labute approximate surface area is 210 Å². The second-order valence-corrected chi connectivity index (χ2v) is 9.31. The maximum absolute atomic E-state index is 12.9. The van der Waals surface area contributed by atoms with Gasteiger partial charge in [-0.2, -0.15) is 0 Å². The zero-order chi connectivity index (χ0) is 26.1. The Morgan fingerprint density at radius 2 is 1.50 bits per heavy atom. The van der Waals surface area contributed by atoms with E-state index in [2.05, 4.69) is 10.0 Å². The van der Waals surface area contributed by atoms with Crippen LogP contribution in [0.2, 0.25) is 0 Å². The lowest BCUT2D eigenvalue weighted by atomic mass is 10.1. The average molecular weight is 513 g/mol. The summed E-state index contributed by atoms with van der Waals surface area (Å²) in [6.07, 6.45) is -0.102. The van der Waals surface area contributed by atoms with Crippen LogP contribution in [0.3, 0.4) is 0 Å². The fraction of sp³-hybridized carbons (Fsp3) is 0.231. The molecule has 190 valence electrons. The normalized spacial score (nSPS) is 10.9. The van der Waals surface area contributed by atoms with Gasteiger partial charge in [-0.25, -0.2) is 8.42 Å². The number of methoxy groups -OCH3 is 2. The number of Topliss-reactive ketones (excluding diaryl/α,β-unsaturated/α-hetero) is 1. The van der Waals surface area contributed by atoms with E-state index in [9.17, 15) is 18.0 Å². The molecule has 1 amide bonds. The van der Waals surface area contributed by atoms with Crippen molar-refractivity contribution < 1.29 is 32.2 Å². The van der Waals surface area contributed by atoms with E-state index in [1.54, 1.807) is 48.5 Å². The van der Waals surface area contributed by atoms with Crippen molar-refractivity contribution in [2.75, 3.05) is 30.9 Å². The fourth-order valence-corrected chi connectivity index (χ4v) is 4.40. The fourth-order valence-electron chi connectivity index (χ4n) is 3.31. The Balaban J connectivity index is 1.67. The summed E-state index contributed by atoms with van der Waals surface area (Å²) in [5.41, 5.74) is 1.00. The largest absolute Gasteiger partial charge is 0.497 e. The van der Waals surface area contributed by atoms with E-state index in [-0.39, 0.29) is 35.0 Å². The van der Waals surface area contributed by atoms with Crippen molar-refractivity contribution in [2.24, 2.45) is 0 Å². The van der Waals surface area contributed by atoms with E-state index >= 15 is 0 Å². The van der Waals surface area contributed by atoms with Crippen LogP contribution in [0.1, 0.15) is 30.1 Å². The summed E-state index contributed by atoms with van der Waals surface area (Å²) in [5, 5.41) is 2.64. The molecule has 3 aromatic carbocycles. The van der Waals surface area contributed by atoms with Crippen LogP contribution in [0, 0.1) is 0 Å². The third-order valence-electron chi connectivity index (χ3n) is 5.16. The minimum Gasteiger partial charge on any atom is -0.497 e. The molecule has 0 aliphatic carbocycles. The van der Waals surface area contributed by atoms with Crippen molar-refractivity contribution >= 4 is 33.1 Å². The van der Waals surface area contributed by atoms with Gasteiger partial charge in [0.25, 0.3) is 10.0 Å². The number of hydrogen-bond donors (Lipinski definition) is 2. The van der Waals surface area contributed by atoms with E-state index in [0.29, 0.717) is 29.4 Å². The SMILES string of the molecule is CCOc1ccc(C(=O)CCC(=O)Nc2cc(S(=O)(=O)Nc3ccc(OC)cc3)ccc2OC)cc1. The van der Waals surface area contributed by atoms with Crippen molar-refractivity contribution in [3.63, 3.8) is 0 Å². The van der Waals surface area contributed by atoms with Gasteiger partial charge in [0.15, 0.2) is 5.78 Å². The lowest BCUT2D eigenvalue weighted by Crippen LogP contribution is -2.16. The van der Waals surface area contributed by atoms with Gasteiger partial charge in [-0.15, -0.1) is 0 Å². The second kappa shape index (κ2) is 12.1. The molecule has 0 saturated heterocycles. The lowest BCUT2D eigenvalue weighted by Gasteiger charge is -2.13. The van der Waals surface area contributed by atoms with Crippen LogP contribution in [0.5, 0.6) is 17.2 Å². The summed E-state index contributed by atoms with van der Waals surface area (Å²) in [4.78, 5) is 24.9. The van der Waals surface area contributed by atoms with Gasteiger partial charge >= 0.3 is 0 Å². The second-order valence-electron chi connectivity index (χ2n) is 7.62. The van der Waals surface area contributed by atoms with Crippen molar-refractivity contribution in [1.29, 1.82) is 0 Å². The monoisotopic (exact) mass is 512 g/mol. The summed E-state index contributed by atoms with van der Waals surface area (Å²) in [6, 6.07) is 17.2. The molecule has 0 aliphatic heterocycles. The third kappa shape index (κ3) is 6.98. The molecule has 0 unspecified atom stereocenters. The number of anilines is 2. The zero-order valence-corrected chi connectivity index (χ0v) is 21.1. The van der Waals surface area contributed by atoms with Crippen LogP contribution in [0.15, 0.2) is 71.6 Å². The van der Waals surface area contributed by atoms with Crippen molar-refractivity contribution in [3.05, 3.63) is 72.3 Å². The van der Waals surface area contributed by atoms with Crippen LogP contribution < -0.4 is 24.2 Å². The predicted molar refractivity (Wildman–Crippen MR) is 137 cm³/mol.